The van der Waals surface area contributed by atoms with E-state index in [-0.39, 0.29) is 19.0 Å². The van der Waals surface area contributed by atoms with Gasteiger partial charge in [-0.1, -0.05) is 0 Å². The number of nitrogen functional groups attached to an aromatic ring is 1. The number of hydrogen-bond donors (Lipinski definition) is 2. The summed E-state index contributed by atoms with van der Waals surface area (Å²) in [5.74, 6) is -0.0229. The third-order valence-corrected chi connectivity index (χ3v) is 5.19. The SMILES string of the molecule is CC(C)(C)OC(=O)N(C(=O)OC(C)(C)C)c1ncnc2c1c(-c1ccc(N)c3nccn13)cn2CCO. The molecule has 12 heteroatoms. The maximum Gasteiger partial charge on any atom is 0.425 e. The molecule has 0 aliphatic carbocycles. The predicted octanol–water partition coefficient (Wildman–Crippen LogP) is 4.00. The normalized spacial score (nSPS) is 12.2. The Hall–Kier alpha value is -4.19. The van der Waals surface area contributed by atoms with Gasteiger partial charge in [-0.05, 0) is 53.7 Å². The van der Waals surface area contributed by atoms with E-state index in [1.807, 2.05) is 0 Å². The Balaban J connectivity index is 2.02. The molecule has 0 bridgehead atoms. The molecule has 4 aromatic heterocycles. The number of ether oxygens (including phenoxy) is 2. The predicted molar refractivity (Wildman–Crippen MR) is 138 cm³/mol. The van der Waals surface area contributed by atoms with Crippen molar-refractivity contribution in [2.24, 2.45) is 0 Å². The van der Waals surface area contributed by atoms with Crippen molar-refractivity contribution in [1.29, 1.82) is 0 Å². The molecule has 0 radical (unpaired) electrons. The number of imide groups is 1. The van der Waals surface area contributed by atoms with Gasteiger partial charge in [0, 0.05) is 30.7 Å². The highest BCUT2D eigenvalue weighted by Gasteiger charge is 2.36. The average molecular weight is 510 g/mol. The Kier molecular flexibility index (Phi) is 6.55. The van der Waals surface area contributed by atoms with E-state index in [9.17, 15) is 14.7 Å². The summed E-state index contributed by atoms with van der Waals surface area (Å²) in [6.07, 6.45) is 4.48. The molecule has 2 amide bonds. The highest BCUT2D eigenvalue weighted by atomic mass is 16.6. The third-order valence-electron chi connectivity index (χ3n) is 5.19. The van der Waals surface area contributed by atoms with Crippen molar-refractivity contribution in [3.8, 4) is 11.3 Å². The first-order chi connectivity index (χ1) is 17.3. The monoisotopic (exact) mass is 509 g/mol. The first-order valence-corrected chi connectivity index (χ1v) is 11.7. The summed E-state index contributed by atoms with van der Waals surface area (Å²) >= 11 is 0. The summed E-state index contributed by atoms with van der Waals surface area (Å²) in [5.41, 5.74) is 6.98. The summed E-state index contributed by atoms with van der Waals surface area (Å²) in [4.78, 5) is 40.6. The van der Waals surface area contributed by atoms with Crippen LogP contribution in [0.2, 0.25) is 0 Å². The summed E-state index contributed by atoms with van der Waals surface area (Å²) < 4.78 is 14.6. The van der Waals surface area contributed by atoms with Gasteiger partial charge in [0.25, 0.3) is 0 Å². The number of aliphatic hydroxyl groups is 1. The summed E-state index contributed by atoms with van der Waals surface area (Å²) in [5, 5.41) is 10.1. The van der Waals surface area contributed by atoms with Gasteiger partial charge in [-0.25, -0.2) is 24.5 Å². The maximum absolute atomic E-state index is 13.4. The summed E-state index contributed by atoms with van der Waals surface area (Å²) in [6, 6.07) is 3.51. The number of rotatable bonds is 4. The molecule has 0 atom stereocenters. The van der Waals surface area contributed by atoms with Gasteiger partial charge in [0.2, 0.25) is 0 Å². The van der Waals surface area contributed by atoms with Crippen molar-refractivity contribution in [1.82, 2.24) is 23.9 Å². The lowest BCUT2D eigenvalue weighted by Gasteiger charge is -2.28. The summed E-state index contributed by atoms with van der Waals surface area (Å²) in [6.45, 7) is 10.2. The molecule has 0 unspecified atom stereocenters. The fraction of sp³-hybridized carbons (Fsp3) is 0.400. The van der Waals surface area contributed by atoms with Gasteiger partial charge in [0.05, 0.1) is 23.4 Å². The maximum atomic E-state index is 13.4. The largest absolute Gasteiger partial charge is 0.443 e. The smallest absolute Gasteiger partial charge is 0.425 e. The van der Waals surface area contributed by atoms with E-state index in [2.05, 4.69) is 15.0 Å². The molecule has 0 aliphatic heterocycles. The first-order valence-electron chi connectivity index (χ1n) is 11.7. The Morgan fingerprint density at radius 1 is 1.00 bits per heavy atom. The number of carbonyl (C=O) groups excluding carboxylic acids is 2. The molecule has 0 saturated heterocycles. The van der Waals surface area contributed by atoms with E-state index in [1.54, 1.807) is 81.2 Å². The van der Waals surface area contributed by atoms with E-state index in [4.69, 9.17) is 15.2 Å². The van der Waals surface area contributed by atoms with E-state index in [0.717, 1.165) is 4.90 Å². The number of nitrogens with two attached hydrogens (primary N) is 1. The van der Waals surface area contributed by atoms with Crippen LogP contribution in [0.4, 0.5) is 21.1 Å². The van der Waals surface area contributed by atoms with Crippen molar-refractivity contribution < 1.29 is 24.2 Å². The molecule has 0 aliphatic rings. The number of carbonyl (C=O) groups is 2. The van der Waals surface area contributed by atoms with E-state index in [1.165, 1.54) is 6.33 Å². The van der Waals surface area contributed by atoms with Crippen LogP contribution in [0.15, 0.2) is 37.1 Å². The number of amides is 2. The molecule has 4 rings (SSSR count). The Morgan fingerprint density at radius 2 is 1.65 bits per heavy atom. The number of hydrogen-bond acceptors (Lipinski definition) is 9. The minimum atomic E-state index is -0.951. The molecular formula is C25H31N7O5. The fourth-order valence-electron chi connectivity index (χ4n) is 3.87. The Morgan fingerprint density at radius 3 is 2.24 bits per heavy atom. The number of aromatic nitrogens is 5. The molecule has 0 aromatic carbocycles. The van der Waals surface area contributed by atoms with Crippen molar-refractivity contribution in [2.45, 2.75) is 59.3 Å². The molecular weight excluding hydrogens is 478 g/mol. The third kappa shape index (κ3) is 5.19. The van der Waals surface area contributed by atoms with Gasteiger partial charge in [-0.15, -0.1) is 0 Å². The van der Waals surface area contributed by atoms with Gasteiger partial charge in [-0.2, -0.15) is 4.90 Å². The zero-order chi connectivity index (χ0) is 27.1. The van der Waals surface area contributed by atoms with Gasteiger partial charge < -0.3 is 24.9 Å². The molecule has 4 aromatic rings. The van der Waals surface area contributed by atoms with E-state index < -0.39 is 23.4 Å². The van der Waals surface area contributed by atoms with Crippen LogP contribution in [-0.2, 0) is 16.0 Å². The molecule has 0 spiro atoms. The van der Waals surface area contributed by atoms with Gasteiger partial charge >= 0.3 is 12.2 Å². The van der Waals surface area contributed by atoms with Crippen LogP contribution in [0, 0.1) is 0 Å². The number of pyridine rings is 1. The van der Waals surface area contributed by atoms with Gasteiger partial charge in [0.15, 0.2) is 11.5 Å². The average Bonchev–Trinajstić information content (AvgIpc) is 3.39. The van der Waals surface area contributed by atoms with Crippen molar-refractivity contribution in [3.63, 3.8) is 0 Å². The molecule has 3 N–H and O–H groups in total. The molecule has 12 nitrogen and oxygen atoms in total. The minimum Gasteiger partial charge on any atom is -0.443 e. The van der Waals surface area contributed by atoms with Gasteiger partial charge in [0.1, 0.15) is 23.2 Å². The van der Waals surface area contributed by atoms with Gasteiger partial charge in [-0.3, -0.25) is 4.40 Å². The van der Waals surface area contributed by atoms with Crippen molar-refractivity contribution >= 4 is 40.4 Å². The highest BCUT2D eigenvalue weighted by molar-refractivity contribution is 6.15. The second-order valence-corrected chi connectivity index (χ2v) is 10.4. The number of fused-ring (bicyclic) bond motifs is 2. The van der Waals surface area contributed by atoms with E-state index in [0.29, 0.717) is 33.6 Å². The standard InChI is InChI=1S/C25H31N7O5/c1-24(2,3)36-22(34)32(23(35)37-25(4,5)6)21-18-15(13-30(11-12-33)20(18)28-14-29-21)17-8-7-16(26)19-27-9-10-31(17)19/h7-10,13-14,33H,11-12,26H2,1-6H3. The summed E-state index contributed by atoms with van der Waals surface area (Å²) in [7, 11) is 0. The first kappa shape index (κ1) is 25.9. The topological polar surface area (TPSA) is 150 Å². The van der Waals surface area contributed by atoms with Crippen LogP contribution in [0.1, 0.15) is 41.5 Å². The van der Waals surface area contributed by atoms with Crippen LogP contribution in [0.3, 0.4) is 0 Å². The highest BCUT2D eigenvalue weighted by Crippen LogP contribution is 2.37. The lowest BCUT2D eigenvalue weighted by atomic mass is 10.1. The minimum absolute atomic E-state index is 0.0229. The number of aliphatic hydroxyl groups excluding tert-OH is 1. The Labute approximate surface area is 213 Å². The van der Waals surface area contributed by atoms with Crippen LogP contribution in [0.25, 0.3) is 27.9 Å². The number of imidazole rings is 1. The van der Waals surface area contributed by atoms with Crippen LogP contribution in [0.5, 0.6) is 0 Å². The number of anilines is 2. The molecule has 0 saturated carbocycles. The van der Waals surface area contributed by atoms with Crippen molar-refractivity contribution in [2.75, 3.05) is 17.2 Å². The lowest BCUT2D eigenvalue weighted by Crippen LogP contribution is -2.44. The fourth-order valence-corrected chi connectivity index (χ4v) is 3.87. The van der Waals surface area contributed by atoms with Crippen LogP contribution in [-0.4, -0.2) is 59.0 Å². The van der Waals surface area contributed by atoms with E-state index >= 15 is 0 Å². The molecule has 0 fully saturated rings. The Bertz CT molecular complexity index is 1450. The van der Waals surface area contributed by atoms with Crippen molar-refractivity contribution in [3.05, 3.63) is 37.1 Å². The number of nitrogens with zero attached hydrogens (tertiary/aromatic N) is 6. The zero-order valence-corrected chi connectivity index (χ0v) is 21.7. The second-order valence-electron chi connectivity index (χ2n) is 10.4. The quantitative estimate of drug-likeness (QED) is 0.416. The molecule has 4 heterocycles. The zero-order valence-electron chi connectivity index (χ0n) is 21.7. The molecule has 196 valence electrons. The van der Waals surface area contributed by atoms with Crippen LogP contribution < -0.4 is 10.6 Å². The molecule has 37 heavy (non-hydrogen) atoms. The van der Waals surface area contributed by atoms with Crippen LogP contribution >= 0.6 is 0 Å². The lowest BCUT2D eigenvalue weighted by molar-refractivity contribution is 0.0429. The second kappa shape index (κ2) is 9.36.